The predicted molar refractivity (Wildman–Crippen MR) is 53.2 cm³/mol. The molecule has 0 saturated carbocycles. The smallest absolute Gasteiger partial charge is 0.336 e. The van der Waals surface area contributed by atoms with Crippen LogP contribution >= 0.6 is 11.3 Å². The SMILES string of the molecule is O=C(O)c1csc2c1CC=CC=C2. The summed E-state index contributed by atoms with van der Waals surface area (Å²) >= 11 is 1.49. The van der Waals surface area contributed by atoms with E-state index in [4.69, 9.17) is 5.11 Å². The largest absolute Gasteiger partial charge is 0.478 e. The Kier molecular flexibility index (Phi) is 2.02. The third kappa shape index (κ3) is 1.42. The highest BCUT2D eigenvalue weighted by Gasteiger charge is 2.14. The fourth-order valence-electron chi connectivity index (χ4n) is 1.33. The van der Waals surface area contributed by atoms with Gasteiger partial charge in [-0.1, -0.05) is 18.2 Å². The zero-order valence-corrected chi connectivity index (χ0v) is 7.67. The molecule has 0 fully saturated rings. The van der Waals surface area contributed by atoms with Crippen molar-refractivity contribution in [2.75, 3.05) is 0 Å². The second-order valence-electron chi connectivity index (χ2n) is 2.79. The van der Waals surface area contributed by atoms with Gasteiger partial charge < -0.3 is 5.11 Å². The Bertz CT molecular complexity index is 399. The summed E-state index contributed by atoms with van der Waals surface area (Å²) in [5.74, 6) is -0.832. The number of carboxylic acids is 1. The average molecular weight is 192 g/mol. The number of carboxylic acid groups (broad SMARTS) is 1. The van der Waals surface area contributed by atoms with Gasteiger partial charge in [0, 0.05) is 10.3 Å². The van der Waals surface area contributed by atoms with E-state index in [2.05, 4.69) is 0 Å². The first-order valence-corrected chi connectivity index (χ1v) is 4.84. The number of allylic oxidation sites excluding steroid dienone is 3. The molecule has 1 N–H and O–H groups in total. The van der Waals surface area contributed by atoms with Crippen LogP contribution in [0.25, 0.3) is 6.08 Å². The van der Waals surface area contributed by atoms with Crippen molar-refractivity contribution >= 4 is 23.4 Å². The highest BCUT2D eigenvalue weighted by Crippen LogP contribution is 2.26. The van der Waals surface area contributed by atoms with Gasteiger partial charge in [-0.3, -0.25) is 0 Å². The first kappa shape index (κ1) is 8.26. The van der Waals surface area contributed by atoms with Crippen molar-refractivity contribution in [1.82, 2.24) is 0 Å². The van der Waals surface area contributed by atoms with Gasteiger partial charge in [-0.05, 0) is 18.1 Å². The molecule has 1 aliphatic carbocycles. The number of carbonyl (C=O) groups is 1. The monoisotopic (exact) mass is 192 g/mol. The van der Waals surface area contributed by atoms with Crippen molar-refractivity contribution < 1.29 is 9.90 Å². The van der Waals surface area contributed by atoms with Crippen LogP contribution in [0.1, 0.15) is 20.8 Å². The maximum absolute atomic E-state index is 10.8. The second kappa shape index (κ2) is 3.18. The predicted octanol–water partition coefficient (Wildman–Crippen LogP) is 2.57. The van der Waals surface area contributed by atoms with E-state index in [9.17, 15) is 4.79 Å². The van der Waals surface area contributed by atoms with Crippen LogP contribution in [0.2, 0.25) is 0 Å². The molecule has 0 aliphatic heterocycles. The molecule has 1 aliphatic rings. The van der Waals surface area contributed by atoms with Crippen molar-refractivity contribution in [3.05, 3.63) is 39.6 Å². The van der Waals surface area contributed by atoms with Gasteiger partial charge in [0.2, 0.25) is 0 Å². The van der Waals surface area contributed by atoms with E-state index in [0.29, 0.717) is 12.0 Å². The van der Waals surface area contributed by atoms with Crippen LogP contribution in [-0.2, 0) is 6.42 Å². The molecule has 0 bridgehead atoms. The summed E-state index contributed by atoms with van der Waals surface area (Å²) in [4.78, 5) is 11.9. The second-order valence-corrected chi connectivity index (χ2v) is 3.70. The summed E-state index contributed by atoms with van der Waals surface area (Å²) in [7, 11) is 0. The number of rotatable bonds is 1. The number of thiophene rings is 1. The molecule has 2 nitrogen and oxygen atoms in total. The molecule has 66 valence electrons. The van der Waals surface area contributed by atoms with E-state index in [1.807, 2.05) is 24.3 Å². The van der Waals surface area contributed by atoms with Crippen molar-refractivity contribution in [2.45, 2.75) is 6.42 Å². The van der Waals surface area contributed by atoms with Crippen molar-refractivity contribution in [2.24, 2.45) is 0 Å². The van der Waals surface area contributed by atoms with Crippen molar-refractivity contribution in [1.29, 1.82) is 0 Å². The molecule has 1 aromatic heterocycles. The van der Waals surface area contributed by atoms with Crippen LogP contribution in [0.15, 0.2) is 23.6 Å². The zero-order chi connectivity index (χ0) is 9.26. The van der Waals surface area contributed by atoms with Gasteiger partial charge in [-0.2, -0.15) is 0 Å². The van der Waals surface area contributed by atoms with E-state index in [-0.39, 0.29) is 0 Å². The summed E-state index contributed by atoms with van der Waals surface area (Å²) in [6.07, 6.45) is 8.53. The quantitative estimate of drug-likeness (QED) is 0.742. The first-order chi connectivity index (χ1) is 6.29. The lowest BCUT2D eigenvalue weighted by molar-refractivity contribution is 0.0696. The van der Waals surface area contributed by atoms with Gasteiger partial charge in [0.15, 0.2) is 0 Å². The number of aromatic carboxylic acids is 1. The third-order valence-corrected chi connectivity index (χ3v) is 2.96. The van der Waals surface area contributed by atoms with Crippen LogP contribution in [0, 0.1) is 0 Å². The van der Waals surface area contributed by atoms with E-state index in [1.165, 1.54) is 11.3 Å². The fraction of sp³-hybridized carbons (Fsp3) is 0.100. The molecule has 0 aromatic carbocycles. The normalized spacial score (nSPS) is 13.8. The standard InChI is InChI=1S/C10H8O2S/c11-10(12)8-6-13-9-5-3-1-2-4-7(8)9/h1-3,5-6H,4H2,(H,11,12). The minimum Gasteiger partial charge on any atom is -0.478 e. The topological polar surface area (TPSA) is 37.3 Å². The lowest BCUT2D eigenvalue weighted by Crippen LogP contribution is -1.98. The molecule has 0 saturated heterocycles. The van der Waals surface area contributed by atoms with E-state index in [0.717, 1.165) is 10.4 Å². The number of fused-ring (bicyclic) bond motifs is 1. The van der Waals surface area contributed by atoms with Gasteiger partial charge in [0.1, 0.15) is 0 Å². The first-order valence-electron chi connectivity index (χ1n) is 3.96. The molecule has 1 aromatic rings. The Morgan fingerprint density at radius 3 is 3.08 bits per heavy atom. The van der Waals surface area contributed by atoms with Crippen molar-refractivity contribution in [3.8, 4) is 0 Å². The molecule has 2 rings (SSSR count). The summed E-state index contributed by atoms with van der Waals surface area (Å²) in [5.41, 5.74) is 1.37. The molecule has 3 heteroatoms. The molecule has 0 radical (unpaired) electrons. The zero-order valence-electron chi connectivity index (χ0n) is 6.86. The number of hydrogen-bond acceptors (Lipinski definition) is 2. The summed E-state index contributed by atoms with van der Waals surface area (Å²) in [5, 5.41) is 10.6. The van der Waals surface area contributed by atoms with Gasteiger partial charge in [0.25, 0.3) is 0 Å². The Labute approximate surface area is 79.8 Å². The van der Waals surface area contributed by atoms with E-state index in [1.54, 1.807) is 5.38 Å². The lowest BCUT2D eigenvalue weighted by Gasteiger charge is -1.96. The fourth-order valence-corrected chi connectivity index (χ4v) is 2.32. The Morgan fingerprint density at radius 2 is 2.31 bits per heavy atom. The molecular formula is C10H8O2S. The van der Waals surface area contributed by atoms with E-state index >= 15 is 0 Å². The molecule has 0 spiro atoms. The molecule has 0 amide bonds. The van der Waals surface area contributed by atoms with Crippen LogP contribution in [0.5, 0.6) is 0 Å². The van der Waals surface area contributed by atoms with Crippen LogP contribution in [0.4, 0.5) is 0 Å². The minimum absolute atomic E-state index is 0.441. The summed E-state index contributed by atoms with van der Waals surface area (Å²) in [6.45, 7) is 0. The average Bonchev–Trinajstić information content (AvgIpc) is 2.36. The summed E-state index contributed by atoms with van der Waals surface area (Å²) < 4.78 is 0. The van der Waals surface area contributed by atoms with Gasteiger partial charge in [0.05, 0.1) is 5.56 Å². The molecule has 0 unspecified atom stereocenters. The van der Waals surface area contributed by atoms with Crippen LogP contribution < -0.4 is 0 Å². The maximum atomic E-state index is 10.8. The molecule has 1 heterocycles. The lowest BCUT2D eigenvalue weighted by atomic mass is 10.1. The number of hydrogen-bond donors (Lipinski definition) is 1. The van der Waals surface area contributed by atoms with Gasteiger partial charge in [-0.15, -0.1) is 11.3 Å². The maximum Gasteiger partial charge on any atom is 0.336 e. The highest BCUT2D eigenvalue weighted by atomic mass is 32.1. The van der Waals surface area contributed by atoms with Crippen molar-refractivity contribution in [3.63, 3.8) is 0 Å². The molecular weight excluding hydrogens is 184 g/mol. The van der Waals surface area contributed by atoms with Gasteiger partial charge >= 0.3 is 5.97 Å². The Balaban J connectivity index is 2.53. The van der Waals surface area contributed by atoms with Crippen LogP contribution in [0.3, 0.4) is 0 Å². The third-order valence-electron chi connectivity index (χ3n) is 1.97. The Morgan fingerprint density at radius 1 is 1.46 bits per heavy atom. The minimum atomic E-state index is -0.832. The molecule has 13 heavy (non-hydrogen) atoms. The molecule has 0 atom stereocenters. The van der Waals surface area contributed by atoms with Gasteiger partial charge in [-0.25, -0.2) is 4.79 Å². The summed E-state index contributed by atoms with van der Waals surface area (Å²) in [6, 6.07) is 0. The highest BCUT2D eigenvalue weighted by molar-refractivity contribution is 7.11. The van der Waals surface area contributed by atoms with E-state index < -0.39 is 5.97 Å². The van der Waals surface area contributed by atoms with Crippen LogP contribution in [-0.4, -0.2) is 11.1 Å². The Hall–Kier alpha value is -1.35.